The Hall–Kier alpha value is -2.69. The van der Waals surface area contributed by atoms with E-state index in [1.165, 1.54) is 24.3 Å². The average molecular weight is 341 g/mol. The molecule has 1 unspecified atom stereocenters. The molecule has 2 atom stereocenters. The Morgan fingerprint density at radius 3 is 2.20 bits per heavy atom. The van der Waals surface area contributed by atoms with Gasteiger partial charge >= 0.3 is 0 Å². The minimum absolute atomic E-state index is 0.0320. The smallest absolute Gasteiger partial charge is 0.253 e. The molecule has 0 spiro atoms. The normalized spacial score (nSPS) is 19.7. The molecule has 2 aromatic carbocycles. The fraction of sp³-hybridized carbons (Fsp3) is 0.300. The summed E-state index contributed by atoms with van der Waals surface area (Å²) in [4.78, 5) is 27.0. The highest BCUT2D eigenvalue weighted by Gasteiger charge is 2.37. The quantitative estimate of drug-likeness (QED) is 0.801. The van der Waals surface area contributed by atoms with Gasteiger partial charge in [0.05, 0.1) is 7.11 Å². The highest BCUT2D eigenvalue weighted by Crippen LogP contribution is 2.28. The Morgan fingerprint density at radius 1 is 1.00 bits per heavy atom. The van der Waals surface area contributed by atoms with Crippen molar-refractivity contribution in [2.75, 3.05) is 20.2 Å². The molecular formula is C20H20FNO3. The van der Waals surface area contributed by atoms with E-state index < -0.39 is 0 Å². The van der Waals surface area contributed by atoms with Crippen LogP contribution in [0.2, 0.25) is 0 Å². The van der Waals surface area contributed by atoms with Crippen molar-refractivity contribution in [3.05, 3.63) is 65.5 Å². The highest BCUT2D eigenvalue weighted by atomic mass is 19.1. The van der Waals surface area contributed by atoms with Gasteiger partial charge < -0.3 is 9.64 Å². The predicted molar refractivity (Wildman–Crippen MR) is 92.3 cm³/mol. The van der Waals surface area contributed by atoms with Crippen molar-refractivity contribution in [2.45, 2.75) is 6.92 Å². The number of Topliss-reactive ketones (excluding diaryl/α,β-unsaturated/α-hetero) is 1. The second-order valence-electron chi connectivity index (χ2n) is 6.39. The van der Waals surface area contributed by atoms with Crippen molar-refractivity contribution >= 4 is 11.7 Å². The second-order valence-corrected chi connectivity index (χ2v) is 6.39. The second kappa shape index (κ2) is 7.05. The van der Waals surface area contributed by atoms with Crippen LogP contribution in [0.5, 0.6) is 5.75 Å². The summed E-state index contributed by atoms with van der Waals surface area (Å²) in [6, 6.07) is 12.5. The van der Waals surface area contributed by atoms with E-state index in [9.17, 15) is 14.0 Å². The van der Waals surface area contributed by atoms with Gasteiger partial charge in [0.2, 0.25) is 0 Å². The monoisotopic (exact) mass is 341 g/mol. The summed E-state index contributed by atoms with van der Waals surface area (Å²) in [5, 5.41) is 0. The van der Waals surface area contributed by atoms with Gasteiger partial charge in [0.15, 0.2) is 5.78 Å². The maximum Gasteiger partial charge on any atom is 0.253 e. The summed E-state index contributed by atoms with van der Waals surface area (Å²) < 4.78 is 18.1. The summed E-state index contributed by atoms with van der Waals surface area (Å²) in [7, 11) is 1.58. The van der Waals surface area contributed by atoms with Crippen LogP contribution in [0.1, 0.15) is 27.6 Å². The van der Waals surface area contributed by atoms with E-state index in [4.69, 9.17) is 4.74 Å². The summed E-state index contributed by atoms with van der Waals surface area (Å²) in [5.74, 6) is 0.0151. The van der Waals surface area contributed by atoms with E-state index in [0.29, 0.717) is 30.0 Å². The van der Waals surface area contributed by atoms with Crippen LogP contribution < -0.4 is 4.74 Å². The van der Waals surface area contributed by atoms with Gasteiger partial charge in [-0.05, 0) is 54.4 Å². The topological polar surface area (TPSA) is 46.6 Å². The van der Waals surface area contributed by atoms with Crippen LogP contribution in [0, 0.1) is 17.7 Å². The van der Waals surface area contributed by atoms with Crippen molar-refractivity contribution in [3.63, 3.8) is 0 Å². The summed E-state index contributed by atoms with van der Waals surface area (Å²) in [6.45, 7) is 2.87. The summed E-state index contributed by atoms with van der Waals surface area (Å²) in [5.41, 5.74) is 1.06. The first-order valence-corrected chi connectivity index (χ1v) is 8.22. The number of benzene rings is 2. The lowest BCUT2D eigenvalue weighted by Crippen LogP contribution is -2.30. The van der Waals surface area contributed by atoms with Crippen molar-refractivity contribution in [2.24, 2.45) is 11.8 Å². The maximum absolute atomic E-state index is 13.0. The number of carbonyl (C=O) groups excluding carboxylic acids is 2. The van der Waals surface area contributed by atoms with Crippen LogP contribution in [0.3, 0.4) is 0 Å². The van der Waals surface area contributed by atoms with Gasteiger partial charge in [0, 0.05) is 30.1 Å². The number of methoxy groups -OCH3 is 1. The Labute approximate surface area is 146 Å². The molecule has 25 heavy (non-hydrogen) atoms. The van der Waals surface area contributed by atoms with Crippen LogP contribution >= 0.6 is 0 Å². The molecule has 3 rings (SSSR count). The van der Waals surface area contributed by atoms with Crippen molar-refractivity contribution in [1.82, 2.24) is 4.90 Å². The van der Waals surface area contributed by atoms with Crippen molar-refractivity contribution in [3.8, 4) is 5.75 Å². The van der Waals surface area contributed by atoms with Gasteiger partial charge in [-0.25, -0.2) is 4.39 Å². The summed E-state index contributed by atoms with van der Waals surface area (Å²) in [6.07, 6.45) is 0. The zero-order valence-corrected chi connectivity index (χ0v) is 14.2. The van der Waals surface area contributed by atoms with Gasteiger partial charge in [-0.1, -0.05) is 6.92 Å². The molecule has 1 amide bonds. The molecule has 1 saturated heterocycles. The van der Waals surface area contributed by atoms with Gasteiger partial charge in [-0.3, -0.25) is 9.59 Å². The lowest BCUT2D eigenvalue weighted by atomic mass is 9.90. The van der Waals surface area contributed by atoms with Gasteiger partial charge in [0.25, 0.3) is 5.91 Å². The van der Waals surface area contributed by atoms with Crippen molar-refractivity contribution in [1.29, 1.82) is 0 Å². The molecule has 1 aliphatic heterocycles. The zero-order chi connectivity index (χ0) is 18.0. The van der Waals surface area contributed by atoms with Gasteiger partial charge in [-0.2, -0.15) is 0 Å². The molecular weight excluding hydrogens is 321 g/mol. The molecule has 0 aromatic heterocycles. The fourth-order valence-corrected chi connectivity index (χ4v) is 3.22. The minimum atomic E-state index is -0.376. The third-order valence-corrected chi connectivity index (χ3v) is 4.70. The number of amides is 1. The van der Waals surface area contributed by atoms with Crippen molar-refractivity contribution < 1.29 is 18.7 Å². The van der Waals surface area contributed by atoms with Crippen LogP contribution in [-0.2, 0) is 0 Å². The number of nitrogens with zero attached hydrogens (tertiary/aromatic N) is 1. The summed E-state index contributed by atoms with van der Waals surface area (Å²) >= 11 is 0. The first kappa shape index (κ1) is 17.1. The zero-order valence-electron chi connectivity index (χ0n) is 14.2. The standard InChI is InChI=1S/C20H20FNO3/c1-13-11-22(20(24)15-3-7-16(21)8-4-15)12-18(13)19(23)14-5-9-17(25-2)10-6-14/h3-10,13,18H,11-12H2,1-2H3/t13-,18?/m0/s1. The number of hydrogen-bond donors (Lipinski definition) is 0. The number of hydrogen-bond acceptors (Lipinski definition) is 3. The average Bonchev–Trinajstić information content (AvgIpc) is 3.03. The van der Waals surface area contributed by atoms with Gasteiger partial charge in [0.1, 0.15) is 11.6 Å². The first-order chi connectivity index (χ1) is 12.0. The Balaban J connectivity index is 1.72. The number of likely N-dealkylation sites (tertiary alicyclic amines) is 1. The van der Waals surface area contributed by atoms with Crippen LogP contribution in [0.4, 0.5) is 4.39 Å². The minimum Gasteiger partial charge on any atom is -0.497 e. The number of rotatable bonds is 4. The number of ketones is 1. The Bertz CT molecular complexity index is 771. The van der Waals surface area contributed by atoms with E-state index in [2.05, 4.69) is 0 Å². The molecule has 1 fully saturated rings. The lowest BCUT2D eigenvalue weighted by Gasteiger charge is -2.16. The molecule has 1 aliphatic rings. The number of carbonyl (C=O) groups is 2. The van der Waals surface area contributed by atoms with Gasteiger partial charge in [-0.15, -0.1) is 0 Å². The largest absolute Gasteiger partial charge is 0.497 e. The van der Waals surface area contributed by atoms with E-state index in [1.807, 2.05) is 6.92 Å². The fourth-order valence-electron chi connectivity index (χ4n) is 3.22. The van der Waals surface area contributed by atoms with E-state index >= 15 is 0 Å². The van der Waals surface area contributed by atoms with Crippen LogP contribution in [0.25, 0.3) is 0 Å². The molecule has 0 radical (unpaired) electrons. The Kier molecular flexibility index (Phi) is 4.83. The maximum atomic E-state index is 13.0. The molecule has 4 nitrogen and oxygen atoms in total. The molecule has 0 aliphatic carbocycles. The molecule has 5 heteroatoms. The SMILES string of the molecule is COc1ccc(C(=O)C2CN(C(=O)c3ccc(F)cc3)C[C@@H]2C)cc1. The van der Waals surface area contributed by atoms with E-state index in [1.54, 1.807) is 36.3 Å². The molecule has 0 saturated carbocycles. The molecule has 130 valence electrons. The molecule has 0 N–H and O–H groups in total. The first-order valence-electron chi connectivity index (χ1n) is 8.22. The highest BCUT2D eigenvalue weighted by molar-refractivity contribution is 6.00. The van der Waals surface area contributed by atoms with E-state index in [-0.39, 0.29) is 29.3 Å². The van der Waals surface area contributed by atoms with Crippen LogP contribution in [0.15, 0.2) is 48.5 Å². The third-order valence-electron chi connectivity index (χ3n) is 4.70. The van der Waals surface area contributed by atoms with Crippen LogP contribution in [-0.4, -0.2) is 36.8 Å². The predicted octanol–water partition coefficient (Wildman–Crippen LogP) is 3.43. The number of ether oxygens (including phenoxy) is 1. The number of halogens is 1. The van der Waals surface area contributed by atoms with E-state index in [0.717, 1.165) is 0 Å². The molecule has 1 heterocycles. The molecule has 2 aromatic rings. The Morgan fingerprint density at radius 2 is 1.60 bits per heavy atom. The lowest BCUT2D eigenvalue weighted by molar-refractivity contribution is 0.0779. The third kappa shape index (κ3) is 3.55. The molecule has 0 bridgehead atoms.